The molecule has 0 aliphatic heterocycles. The largest absolute Gasteiger partial charge is 0.465 e. The molecule has 0 unspecified atom stereocenters. The van der Waals surface area contributed by atoms with Gasteiger partial charge in [-0.1, -0.05) is 35.9 Å². The van der Waals surface area contributed by atoms with Gasteiger partial charge in [-0.05, 0) is 54.6 Å². The Labute approximate surface area is 190 Å². The number of carbonyl (C=O) groups is 1. The van der Waals surface area contributed by atoms with E-state index in [2.05, 4.69) is 52.5 Å². The number of methoxy groups -OCH3 is 1. The molecule has 0 radical (unpaired) electrons. The van der Waals surface area contributed by atoms with Crippen LogP contribution in [0.15, 0.2) is 85.1 Å². The fourth-order valence-corrected chi connectivity index (χ4v) is 4.02. The van der Waals surface area contributed by atoms with E-state index < -0.39 is 5.97 Å². The second-order valence-corrected chi connectivity index (χ2v) is 7.96. The van der Waals surface area contributed by atoms with Crippen LogP contribution in [0.4, 0.5) is 11.4 Å². The summed E-state index contributed by atoms with van der Waals surface area (Å²) in [6, 6.07) is 25.6. The van der Waals surface area contributed by atoms with Gasteiger partial charge < -0.3 is 14.6 Å². The number of esters is 1. The molecule has 5 nitrogen and oxygen atoms in total. The molecule has 2 aromatic heterocycles. The summed E-state index contributed by atoms with van der Waals surface area (Å²) in [4.78, 5) is 16.9. The molecular formula is C26H20ClN3O2. The topological polar surface area (TPSA) is 56.1 Å². The van der Waals surface area contributed by atoms with Crippen LogP contribution in [0, 0.1) is 0 Å². The molecule has 0 atom stereocenters. The van der Waals surface area contributed by atoms with Crippen molar-refractivity contribution >= 4 is 50.8 Å². The summed E-state index contributed by atoms with van der Waals surface area (Å²) in [5, 5.41) is 6.01. The zero-order chi connectivity index (χ0) is 22.1. The third-order valence-corrected chi connectivity index (χ3v) is 5.66. The SMILES string of the molecule is COC(=O)c1cc(Cl)ccc1Nc1ccc2c(ccn2Cc2ccc3ccccc3n2)c1. The van der Waals surface area contributed by atoms with Crippen LogP contribution in [0.25, 0.3) is 21.8 Å². The number of anilines is 2. The van der Waals surface area contributed by atoms with E-state index in [4.69, 9.17) is 21.3 Å². The minimum atomic E-state index is -0.440. The van der Waals surface area contributed by atoms with E-state index in [1.807, 2.05) is 24.3 Å². The quantitative estimate of drug-likeness (QED) is 0.320. The number of ether oxygens (including phenoxy) is 1. The maximum atomic E-state index is 12.1. The van der Waals surface area contributed by atoms with Crippen molar-refractivity contribution in [2.45, 2.75) is 6.54 Å². The van der Waals surface area contributed by atoms with Crippen molar-refractivity contribution in [1.82, 2.24) is 9.55 Å². The lowest BCUT2D eigenvalue weighted by Gasteiger charge is -2.12. The Morgan fingerprint density at radius 3 is 2.75 bits per heavy atom. The van der Waals surface area contributed by atoms with Crippen molar-refractivity contribution in [1.29, 1.82) is 0 Å². The lowest BCUT2D eigenvalue weighted by molar-refractivity contribution is 0.0602. The summed E-state index contributed by atoms with van der Waals surface area (Å²) in [5.41, 5.74) is 5.01. The van der Waals surface area contributed by atoms with Crippen molar-refractivity contribution in [3.8, 4) is 0 Å². The molecule has 158 valence electrons. The number of hydrogen-bond acceptors (Lipinski definition) is 4. The van der Waals surface area contributed by atoms with E-state index in [0.29, 0.717) is 22.8 Å². The van der Waals surface area contributed by atoms with Gasteiger partial charge in [-0.25, -0.2) is 4.79 Å². The van der Waals surface area contributed by atoms with Crippen LogP contribution in [0.1, 0.15) is 16.1 Å². The molecule has 5 rings (SSSR count). The minimum absolute atomic E-state index is 0.389. The van der Waals surface area contributed by atoms with Gasteiger partial charge in [0.05, 0.1) is 36.1 Å². The third kappa shape index (κ3) is 3.90. The fourth-order valence-electron chi connectivity index (χ4n) is 3.85. The van der Waals surface area contributed by atoms with Crippen LogP contribution in [-0.4, -0.2) is 22.6 Å². The molecule has 6 heteroatoms. The van der Waals surface area contributed by atoms with Crippen LogP contribution in [0.5, 0.6) is 0 Å². The smallest absolute Gasteiger partial charge is 0.340 e. The molecule has 0 aliphatic rings. The average molecular weight is 442 g/mol. The number of pyridine rings is 1. The van der Waals surface area contributed by atoms with Crippen molar-refractivity contribution in [2.75, 3.05) is 12.4 Å². The predicted octanol–water partition coefficient (Wildman–Crippen LogP) is 6.42. The highest BCUT2D eigenvalue weighted by Gasteiger charge is 2.13. The van der Waals surface area contributed by atoms with E-state index in [1.54, 1.807) is 18.2 Å². The number of fused-ring (bicyclic) bond motifs is 2. The Bertz CT molecular complexity index is 1460. The molecule has 0 bridgehead atoms. The molecule has 0 fully saturated rings. The summed E-state index contributed by atoms with van der Waals surface area (Å²) < 4.78 is 7.06. The second-order valence-electron chi connectivity index (χ2n) is 7.52. The number of benzene rings is 3. The number of carbonyl (C=O) groups excluding carboxylic acids is 1. The van der Waals surface area contributed by atoms with Gasteiger partial charge in [0.25, 0.3) is 0 Å². The molecular weight excluding hydrogens is 422 g/mol. The molecule has 2 heterocycles. The van der Waals surface area contributed by atoms with E-state index in [0.717, 1.165) is 33.2 Å². The van der Waals surface area contributed by atoms with E-state index >= 15 is 0 Å². The van der Waals surface area contributed by atoms with Gasteiger partial charge in [-0.2, -0.15) is 0 Å². The second kappa shape index (κ2) is 8.36. The lowest BCUT2D eigenvalue weighted by atomic mass is 10.1. The summed E-state index contributed by atoms with van der Waals surface area (Å²) in [7, 11) is 1.35. The van der Waals surface area contributed by atoms with Crippen molar-refractivity contribution in [3.63, 3.8) is 0 Å². The normalized spacial score (nSPS) is 11.1. The van der Waals surface area contributed by atoms with Gasteiger partial charge in [-0.15, -0.1) is 0 Å². The lowest BCUT2D eigenvalue weighted by Crippen LogP contribution is -2.05. The summed E-state index contributed by atoms with van der Waals surface area (Å²) >= 11 is 6.06. The van der Waals surface area contributed by atoms with Gasteiger partial charge in [0.2, 0.25) is 0 Å². The number of para-hydroxylation sites is 1. The summed E-state index contributed by atoms with van der Waals surface area (Å²) in [6.07, 6.45) is 2.06. The Morgan fingerprint density at radius 2 is 1.88 bits per heavy atom. The molecule has 3 aromatic carbocycles. The summed E-state index contributed by atoms with van der Waals surface area (Å²) in [5.74, 6) is -0.440. The van der Waals surface area contributed by atoms with E-state index in [1.165, 1.54) is 7.11 Å². The fraction of sp³-hybridized carbons (Fsp3) is 0.0769. The Kier molecular flexibility index (Phi) is 5.25. The van der Waals surface area contributed by atoms with Gasteiger partial charge in [-0.3, -0.25) is 4.98 Å². The van der Waals surface area contributed by atoms with Gasteiger partial charge in [0, 0.05) is 33.2 Å². The van der Waals surface area contributed by atoms with Crippen molar-refractivity contribution in [3.05, 3.63) is 101 Å². The van der Waals surface area contributed by atoms with E-state index in [-0.39, 0.29) is 0 Å². The highest BCUT2D eigenvalue weighted by molar-refractivity contribution is 6.31. The molecule has 0 aliphatic carbocycles. The first-order valence-corrected chi connectivity index (χ1v) is 10.6. The average Bonchev–Trinajstić information content (AvgIpc) is 3.21. The van der Waals surface area contributed by atoms with Crippen LogP contribution < -0.4 is 5.32 Å². The highest BCUT2D eigenvalue weighted by Crippen LogP contribution is 2.28. The van der Waals surface area contributed by atoms with Crippen molar-refractivity contribution in [2.24, 2.45) is 0 Å². The van der Waals surface area contributed by atoms with Crippen LogP contribution in [-0.2, 0) is 11.3 Å². The number of rotatable bonds is 5. The monoisotopic (exact) mass is 441 g/mol. The molecule has 32 heavy (non-hydrogen) atoms. The molecule has 1 N–H and O–H groups in total. The number of aromatic nitrogens is 2. The number of nitrogens with one attached hydrogen (secondary N) is 1. The maximum Gasteiger partial charge on any atom is 0.340 e. The Morgan fingerprint density at radius 1 is 1.00 bits per heavy atom. The number of halogens is 1. The first kappa shape index (κ1) is 20.1. The molecule has 0 amide bonds. The molecule has 0 saturated heterocycles. The first-order chi connectivity index (χ1) is 15.6. The first-order valence-electron chi connectivity index (χ1n) is 10.2. The molecule has 5 aromatic rings. The van der Waals surface area contributed by atoms with Gasteiger partial charge >= 0.3 is 5.97 Å². The Hall–Kier alpha value is -3.83. The zero-order valence-electron chi connectivity index (χ0n) is 17.4. The zero-order valence-corrected chi connectivity index (χ0v) is 18.1. The predicted molar refractivity (Wildman–Crippen MR) is 129 cm³/mol. The van der Waals surface area contributed by atoms with Crippen LogP contribution in [0.3, 0.4) is 0 Å². The minimum Gasteiger partial charge on any atom is -0.465 e. The van der Waals surface area contributed by atoms with Gasteiger partial charge in [0.15, 0.2) is 0 Å². The van der Waals surface area contributed by atoms with Gasteiger partial charge in [0.1, 0.15) is 0 Å². The molecule has 0 saturated carbocycles. The van der Waals surface area contributed by atoms with Crippen LogP contribution >= 0.6 is 11.6 Å². The third-order valence-electron chi connectivity index (χ3n) is 5.43. The molecule has 0 spiro atoms. The number of hydrogen-bond donors (Lipinski definition) is 1. The maximum absolute atomic E-state index is 12.1. The van der Waals surface area contributed by atoms with E-state index in [9.17, 15) is 4.79 Å². The van der Waals surface area contributed by atoms with Crippen molar-refractivity contribution < 1.29 is 9.53 Å². The Balaban J connectivity index is 1.42. The standard InChI is InChI=1S/C26H20ClN3O2/c1-32-26(31)22-15-19(27)7-10-24(22)28-20-9-11-25-18(14-20)12-13-30(25)16-21-8-6-17-4-2-3-5-23(17)29-21/h2-15,28H,16H2,1H3. The summed E-state index contributed by atoms with van der Waals surface area (Å²) in [6.45, 7) is 0.685. The van der Waals surface area contributed by atoms with Crippen LogP contribution in [0.2, 0.25) is 5.02 Å². The number of nitrogens with zero attached hydrogens (tertiary/aromatic N) is 2. The highest BCUT2D eigenvalue weighted by atomic mass is 35.5.